The van der Waals surface area contributed by atoms with Gasteiger partial charge in [0.2, 0.25) is 5.91 Å². The van der Waals surface area contributed by atoms with Crippen LogP contribution in [0.4, 0.5) is 11.5 Å². The van der Waals surface area contributed by atoms with Gasteiger partial charge in [-0.2, -0.15) is 5.10 Å². The van der Waals surface area contributed by atoms with Crippen LogP contribution in [0.3, 0.4) is 0 Å². The zero-order chi connectivity index (χ0) is 17.8. The molecule has 1 aliphatic heterocycles. The molecule has 25 heavy (non-hydrogen) atoms. The molecule has 1 N–H and O–H groups in total. The number of nitrogens with zero attached hydrogens (tertiary/aromatic N) is 5. The summed E-state index contributed by atoms with van der Waals surface area (Å²) < 4.78 is 1.68. The summed E-state index contributed by atoms with van der Waals surface area (Å²) in [6.45, 7) is 1.22. The number of amides is 1. The third-order valence-electron chi connectivity index (χ3n) is 3.95. The molecule has 2 aromatic heterocycles. The zero-order valence-corrected chi connectivity index (χ0v) is 13.7. The van der Waals surface area contributed by atoms with Crippen LogP contribution in [-0.4, -0.2) is 49.6 Å². The maximum atomic E-state index is 12.2. The summed E-state index contributed by atoms with van der Waals surface area (Å²) in [5, 5.41) is 17.9. The monoisotopic (exact) mass is 342 g/mol. The van der Waals surface area contributed by atoms with E-state index >= 15 is 0 Å². The number of aromatic nitrogens is 3. The third kappa shape index (κ3) is 4.19. The number of nitrogens with one attached hydrogen (secondary N) is 1. The second kappa shape index (κ2) is 7.12. The van der Waals surface area contributed by atoms with E-state index in [-0.39, 0.29) is 17.6 Å². The molecule has 1 amide bonds. The Kier molecular flexibility index (Phi) is 4.73. The van der Waals surface area contributed by atoms with Crippen LogP contribution in [0.5, 0.6) is 0 Å². The Morgan fingerprint density at radius 3 is 2.92 bits per heavy atom. The zero-order valence-electron chi connectivity index (χ0n) is 13.7. The predicted molar refractivity (Wildman–Crippen MR) is 91.7 cm³/mol. The molecule has 130 valence electrons. The van der Waals surface area contributed by atoms with Crippen molar-refractivity contribution in [2.24, 2.45) is 7.05 Å². The molecule has 9 nitrogen and oxygen atoms in total. The lowest BCUT2D eigenvalue weighted by Gasteiger charge is -2.15. The lowest BCUT2D eigenvalue weighted by Crippen LogP contribution is -2.30. The summed E-state index contributed by atoms with van der Waals surface area (Å²) in [4.78, 5) is 28.2. The van der Waals surface area contributed by atoms with Gasteiger partial charge in [-0.3, -0.25) is 19.6 Å². The molecule has 9 heteroatoms. The van der Waals surface area contributed by atoms with E-state index < -0.39 is 4.92 Å². The van der Waals surface area contributed by atoms with Gasteiger partial charge < -0.3 is 10.2 Å². The minimum Gasteiger partial charge on any atom is -0.365 e. The molecule has 1 fully saturated rings. The van der Waals surface area contributed by atoms with Gasteiger partial charge in [-0.25, -0.2) is 4.98 Å². The number of rotatable bonds is 5. The summed E-state index contributed by atoms with van der Waals surface area (Å²) in [6.07, 6.45) is 8.83. The van der Waals surface area contributed by atoms with Crippen LogP contribution in [-0.2, 0) is 11.8 Å². The largest absolute Gasteiger partial charge is 0.365 e. The fraction of sp³-hybridized carbons (Fsp3) is 0.312. The molecule has 0 radical (unpaired) electrons. The Hall–Kier alpha value is -3.23. The summed E-state index contributed by atoms with van der Waals surface area (Å²) >= 11 is 0. The quantitative estimate of drug-likeness (QED) is 0.501. The molecule has 0 aromatic carbocycles. The van der Waals surface area contributed by atoms with Gasteiger partial charge in [0, 0.05) is 50.1 Å². The Morgan fingerprint density at radius 2 is 2.28 bits per heavy atom. The standard InChI is InChI=1S/C16H18N6O3/c1-20-10-12(8-18-20)2-5-16(23)21-7-6-13(11-21)19-15-4-3-14(9-17-15)22(24)25/h2-5,8-10,13H,6-7,11H2,1H3,(H,17,19). The van der Waals surface area contributed by atoms with E-state index in [1.165, 1.54) is 12.3 Å². The molecule has 1 atom stereocenters. The lowest BCUT2D eigenvalue weighted by molar-refractivity contribution is -0.385. The predicted octanol–water partition coefficient (Wildman–Crippen LogP) is 1.45. The number of likely N-dealkylation sites (tertiary alicyclic amines) is 1. The second-order valence-corrected chi connectivity index (χ2v) is 5.85. The van der Waals surface area contributed by atoms with Crippen molar-refractivity contribution in [2.45, 2.75) is 12.5 Å². The van der Waals surface area contributed by atoms with E-state index in [0.29, 0.717) is 18.9 Å². The minimum atomic E-state index is -0.485. The first-order valence-electron chi connectivity index (χ1n) is 7.84. The molecule has 3 rings (SSSR count). The van der Waals surface area contributed by atoms with Crippen LogP contribution in [0, 0.1) is 10.1 Å². The van der Waals surface area contributed by atoms with Gasteiger partial charge in [-0.15, -0.1) is 0 Å². The van der Waals surface area contributed by atoms with Crippen LogP contribution < -0.4 is 5.32 Å². The molecule has 0 bridgehead atoms. The van der Waals surface area contributed by atoms with E-state index in [0.717, 1.165) is 12.0 Å². The van der Waals surface area contributed by atoms with E-state index in [2.05, 4.69) is 15.4 Å². The molecule has 0 saturated carbocycles. The SMILES string of the molecule is Cn1cc(C=CC(=O)N2CCC(Nc3ccc([N+](=O)[O-])cn3)C2)cn1. The molecule has 1 unspecified atom stereocenters. The Morgan fingerprint density at radius 1 is 1.44 bits per heavy atom. The van der Waals surface area contributed by atoms with Crippen molar-refractivity contribution in [2.75, 3.05) is 18.4 Å². The van der Waals surface area contributed by atoms with Gasteiger partial charge in [-0.1, -0.05) is 0 Å². The van der Waals surface area contributed by atoms with E-state index in [9.17, 15) is 14.9 Å². The van der Waals surface area contributed by atoms with Crippen molar-refractivity contribution in [3.63, 3.8) is 0 Å². The molecule has 2 aromatic rings. The summed E-state index contributed by atoms with van der Waals surface area (Å²) in [5.41, 5.74) is 0.828. The number of hydrogen-bond donors (Lipinski definition) is 1. The second-order valence-electron chi connectivity index (χ2n) is 5.85. The summed E-state index contributed by atoms with van der Waals surface area (Å²) in [7, 11) is 1.82. The van der Waals surface area contributed by atoms with Crippen molar-refractivity contribution >= 4 is 23.5 Å². The van der Waals surface area contributed by atoms with Crippen molar-refractivity contribution < 1.29 is 9.72 Å². The van der Waals surface area contributed by atoms with E-state index in [4.69, 9.17) is 0 Å². The Bertz CT molecular complexity index is 798. The van der Waals surface area contributed by atoms with Crippen LogP contribution in [0.15, 0.2) is 36.8 Å². The summed E-state index contributed by atoms with van der Waals surface area (Å²) in [5.74, 6) is 0.514. The van der Waals surface area contributed by atoms with Crippen LogP contribution >= 0.6 is 0 Å². The fourth-order valence-corrected chi connectivity index (χ4v) is 2.67. The van der Waals surface area contributed by atoms with Crippen LogP contribution in [0.2, 0.25) is 0 Å². The highest BCUT2D eigenvalue weighted by molar-refractivity contribution is 5.92. The molecule has 3 heterocycles. The van der Waals surface area contributed by atoms with E-state index in [1.54, 1.807) is 34.0 Å². The van der Waals surface area contributed by atoms with Gasteiger partial charge in [0.25, 0.3) is 5.69 Å². The van der Waals surface area contributed by atoms with Crippen LogP contribution in [0.1, 0.15) is 12.0 Å². The van der Waals surface area contributed by atoms with Gasteiger partial charge in [0.15, 0.2) is 0 Å². The number of hydrogen-bond acceptors (Lipinski definition) is 6. The first-order valence-corrected chi connectivity index (χ1v) is 7.84. The lowest BCUT2D eigenvalue weighted by atomic mass is 10.2. The average molecular weight is 342 g/mol. The van der Waals surface area contributed by atoms with Crippen molar-refractivity contribution in [3.8, 4) is 0 Å². The molecule has 1 saturated heterocycles. The molecule has 0 spiro atoms. The Balaban J connectivity index is 1.53. The number of anilines is 1. The maximum Gasteiger partial charge on any atom is 0.287 e. The highest BCUT2D eigenvalue weighted by Crippen LogP contribution is 2.17. The van der Waals surface area contributed by atoms with Gasteiger partial charge >= 0.3 is 0 Å². The van der Waals surface area contributed by atoms with E-state index in [1.807, 2.05) is 13.2 Å². The van der Waals surface area contributed by atoms with Crippen molar-refractivity contribution in [3.05, 3.63) is 52.5 Å². The van der Waals surface area contributed by atoms with Gasteiger partial charge in [0.05, 0.1) is 11.1 Å². The Labute approximate surface area is 144 Å². The number of carbonyl (C=O) groups excluding carboxylic acids is 1. The minimum absolute atomic E-state index is 0.0469. The first kappa shape index (κ1) is 16.6. The average Bonchev–Trinajstić information content (AvgIpc) is 3.22. The van der Waals surface area contributed by atoms with Crippen LogP contribution in [0.25, 0.3) is 6.08 Å². The third-order valence-corrected chi connectivity index (χ3v) is 3.95. The molecular formula is C16H18N6O3. The maximum absolute atomic E-state index is 12.2. The first-order chi connectivity index (χ1) is 12.0. The molecule has 0 aliphatic carbocycles. The number of nitro groups is 1. The smallest absolute Gasteiger partial charge is 0.287 e. The normalized spacial score (nSPS) is 17.2. The molecule has 1 aliphatic rings. The summed E-state index contributed by atoms with van der Waals surface area (Å²) in [6, 6.07) is 3.05. The highest BCUT2D eigenvalue weighted by atomic mass is 16.6. The van der Waals surface area contributed by atoms with Crippen molar-refractivity contribution in [1.82, 2.24) is 19.7 Å². The number of aryl methyl sites for hydroxylation is 1. The number of pyridine rings is 1. The van der Waals surface area contributed by atoms with Gasteiger partial charge in [0.1, 0.15) is 12.0 Å². The molecular weight excluding hydrogens is 324 g/mol. The van der Waals surface area contributed by atoms with Gasteiger partial charge in [-0.05, 0) is 18.6 Å². The number of carbonyl (C=O) groups is 1. The fourth-order valence-electron chi connectivity index (χ4n) is 2.67. The topological polar surface area (TPSA) is 106 Å². The highest BCUT2D eigenvalue weighted by Gasteiger charge is 2.25. The van der Waals surface area contributed by atoms with Crippen molar-refractivity contribution in [1.29, 1.82) is 0 Å².